The lowest BCUT2D eigenvalue weighted by Crippen LogP contribution is -2.27. The first-order chi connectivity index (χ1) is 8.00. The summed E-state index contributed by atoms with van der Waals surface area (Å²) in [5.74, 6) is -1.03. The van der Waals surface area contributed by atoms with E-state index in [9.17, 15) is 9.00 Å². The molecule has 0 saturated carbocycles. The van der Waals surface area contributed by atoms with Crippen molar-refractivity contribution in [1.29, 1.82) is 0 Å². The molecule has 2 N–H and O–H groups in total. The predicted molar refractivity (Wildman–Crippen MR) is 66.4 cm³/mol. The van der Waals surface area contributed by atoms with E-state index in [0.717, 1.165) is 0 Å². The van der Waals surface area contributed by atoms with Crippen LogP contribution in [0.2, 0.25) is 0 Å². The van der Waals surface area contributed by atoms with Crippen molar-refractivity contribution in [2.45, 2.75) is 18.7 Å². The molecule has 0 aliphatic rings. The summed E-state index contributed by atoms with van der Waals surface area (Å²) in [5, 5.41) is 11.9. The fourth-order valence-electron chi connectivity index (χ4n) is 1.22. The minimum absolute atomic E-state index is 0.0383. The molecule has 0 aliphatic carbocycles. The molecule has 1 aromatic rings. The van der Waals surface area contributed by atoms with Crippen LogP contribution in [-0.4, -0.2) is 38.3 Å². The highest BCUT2D eigenvalue weighted by atomic mass is 32.2. The van der Waals surface area contributed by atoms with E-state index in [2.05, 4.69) is 10.3 Å². The van der Waals surface area contributed by atoms with Crippen molar-refractivity contribution in [3.05, 3.63) is 29.6 Å². The SMILES string of the molecule is CC(CNCc1cccc(C(=O)O)n1)S(C)=O. The number of aromatic nitrogens is 1. The lowest BCUT2D eigenvalue weighted by Gasteiger charge is -2.09. The van der Waals surface area contributed by atoms with Gasteiger partial charge >= 0.3 is 5.97 Å². The minimum Gasteiger partial charge on any atom is -0.477 e. The van der Waals surface area contributed by atoms with Crippen LogP contribution in [0.3, 0.4) is 0 Å². The zero-order valence-corrected chi connectivity index (χ0v) is 10.7. The van der Waals surface area contributed by atoms with Gasteiger partial charge in [0.1, 0.15) is 5.69 Å². The molecule has 0 aliphatic heterocycles. The molecule has 0 spiro atoms. The average Bonchev–Trinajstić information content (AvgIpc) is 2.29. The van der Waals surface area contributed by atoms with Gasteiger partial charge in [0.05, 0.1) is 5.69 Å². The Hall–Kier alpha value is -1.27. The Morgan fingerprint density at radius 3 is 2.88 bits per heavy atom. The van der Waals surface area contributed by atoms with Crippen LogP contribution >= 0.6 is 0 Å². The van der Waals surface area contributed by atoms with Gasteiger partial charge < -0.3 is 10.4 Å². The monoisotopic (exact) mass is 256 g/mol. The summed E-state index contributed by atoms with van der Waals surface area (Å²) in [6, 6.07) is 4.87. The molecule has 1 aromatic heterocycles. The van der Waals surface area contributed by atoms with E-state index in [-0.39, 0.29) is 10.9 Å². The Morgan fingerprint density at radius 2 is 2.29 bits per heavy atom. The quantitative estimate of drug-likeness (QED) is 0.780. The molecule has 0 aromatic carbocycles. The molecule has 2 atom stereocenters. The molecule has 2 unspecified atom stereocenters. The van der Waals surface area contributed by atoms with Crippen molar-refractivity contribution >= 4 is 16.8 Å². The summed E-state index contributed by atoms with van der Waals surface area (Å²) in [7, 11) is -0.857. The third kappa shape index (κ3) is 4.62. The summed E-state index contributed by atoms with van der Waals surface area (Å²) in [4.78, 5) is 14.7. The highest BCUT2D eigenvalue weighted by Crippen LogP contribution is 1.99. The molecule has 0 bridgehead atoms. The third-order valence-corrected chi connectivity index (χ3v) is 3.63. The van der Waals surface area contributed by atoms with Crippen molar-refractivity contribution in [2.24, 2.45) is 0 Å². The van der Waals surface area contributed by atoms with Crippen LogP contribution in [0.15, 0.2) is 18.2 Å². The van der Waals surface area contributed by atoms with E-state index in [4.69, 9.17) is 5.11 Å². The fraction of sp³-hybridized carbons (Fsp3) is 0.455. The van der Waals surface area contributed by atoms with Crippen LogP contribution < -0.4 is 5.32 Å². The summed E-state index contributed by atoms with van der Waals surface area (Å²) >= 11 is 0. The first-order valence-electron chi connectivity index (χ1n) is 5.23. The van der Waals surface area contributed by atoms with Crippen molar-refractivity contribution < 1.29 is 14.1 Å². The molecule has 1 heterocycles. The number of carboxylic acid groups (broad SMARTS) is 1. The summed E-state index contributed by atoms with van der Waals surface area (Å²) in [6.07, 6.45) is 1.66. The Labute approximate surface area is 103 Å². The lowest BCUT2D eigenvalue weighted by molar-refractivity contribution is 0.0690. The Bertz CT molecular complexity index is 423. The van der Waals surface area contributed by atoms with Crippen LogP contribution in [-0.2, 0) is 17.3 Å². The van der Waals surface area contributed by atoms with Gasteiger partial charge in [-0.25, -0.2) is 9.78 Å². The van der Waals surface area contributed by atoms with Gasteiger partial charge in [-0.05, 0) is 19.1 Å². The van der Waals surface area contributed by atoms with E-state index >= 15 is 0 Å². The summed E-state index contributed by atoms with van der Waals surface area (Å²) < 4.78 is 11.1. The Balaban J connectivity index is 2.49. The van der Waals surface area contributed by atoms with E-state index < -0.39 is 16.8 Å². The van der Waals surface area contributed by atoms with Crippen molar-refractivity contribution in [2.75, 3.05) is 12.8 Å². The molecule has 1 rings (SSSR count). The number of aromatic carboxylic acids is 1. The van der Waals surface area contributed by atoms with Crippen LogP contribution in [0.25, 0.3) is 0 Å². The first-order valence-corrected chi connectivity index (χ1v) is 6.85. The van der Waals surface area contributed by atoms with E-state index in [0.29, 0.717) is 18.8 Å². The number of carboxylic acids is 1. The molecular weight excluding hydrogens is 240 g/mol. The predicted octanol–water partition coefficient (Wildman–Crippen LogP) is 0.636. The smallest absolute Gasteiger partial charge is 0.354 e. The second kappa shape index (κ2) is 6.46. The van der Waals surface area contributed by atoms with Crippen molar-refractivity contribution in [3.63, 3.8) is 0 Å². The average molecular weight is 256 g/mol. The molecule has 0 amide bonds. The maximum absolute atomic E-state index is 11.1. The number of hydrogen-bond donors (Lipinski definition) is 2. The van der Waals surface area contributed by atoms with Gasteiger partial charge in [-0.15, -0.1) is 0 Å². The topological polar surface area (TPSA) is 79.3 Å². The van der Waals surface area contributed by atoms with Crippen molar-refractivity contribution in [1.82, 2.24) is 10.3 Å². The van der Waals surface area contributed by atoms with Gasteiger partial charge in [-0.3, -0.25) is 4.21 Å². The Morgan fingerprint density at radius 1 is 1.59 bits per heavy atom. The molecular formula is C11H16N2O3S. The normalized spacial score (nSPS) is 14.2. The van der Waals surface area contributed by atoms with Crippen molar-refractivity contribution in [3.8, 4) is 0 Å². The number of pyridine rings is 1. The number of hydrogen-bond acceptors (Lipinski definition) is 4. The van der Waals surface area contributed by atoms with Gasteiger partial charge in [0, 0.05) is 35.4 Å². The van der Waals surface area contributed by atoms with E-state index in [1.165, 1.54) is 6.07 Å². The zero-order valence-electron chi connectivity index (χ0n) is 9.84. The van der Waals surface area contributed by atoms with Gasteiger partial charge in [0.2, 0.25) is 0 Å². The largest absolute Gasteiger partial charge is 0.477 e. The standard InChI is InChI=1S/C11H16N2O3S/c1-8(17(2)16)6-12-7-9-4-3-5-10(13-9)11(14)15/h3-5,8,12H,6-7H2,1-2H3,(H,14,15). The number of nitrogens with zero attached hydrogens (tertiary/aromatic N) is 1. The second-order valence-electron chi connectivity index (χ2n) is 3.76. The van der Waals surface area contributed by atoms with E-state index in [1.54, 1.807) is 18.4 Å². The van der Waals surface area contributed by atoms with Gasteiger partial charge in [0.15, 0.2) is 0 Å². The fourth-order valence-corrected chi connectivity index (χ4v) is 1.57. The maximum Gasteiger partial charge on any atom is 0.354 e. The molecule has 5 nitrogen and oxygen atoms in total. The molecule has 17 heavy (non-hydrogen) atoms. The summed E-state index contributed by atoms with van der Waals surface area (Å²) in [6.45, 7) is 2.98. The third-order valence-electron chi connectivity index (χ3n) is 2.33. The number of rotatable bonds is 6. The second-order valence-corrected chi connectivity index (χ2v) is 5.56. The van der Waals surface area contributed by atoms with Crippen LogP contribution in [0, 0.1) is 0 Å². The Kier molecular flexibility index (Phi) is 5.24. The van der Waals surface area contributed by atoms with Crippen LogP contribution in [0.4, 0.5) is 0 Å². The van der Waals surface area contributed by atoms with Gasteiger partial charge in [-0.2, -0.15) is 0 Å². The van der Waals surface area contributed by atoms with Crippen LogP contribution in [0.1, 0.15) is 23.1 Å². The van der Waals surface area contributed by atoms with Crippen LogP contribution in [0.5, 0.6) is 0 Å². The first kappa shape index (κ1) is 13.8. The number of nitrogens with one attached hydrogen (secondary N) is 1. The minimum atomic E-state index is -1.03. The molecule has 6 heteroatoms. The summed E-state index contributed by atoms with van der Waals surface area (Å²) in [5.41, 5.74) is 0.704. The molecule has 94 valence electrons. The molecule has 0 fully saturated rings. The lowest BCUT2D eigenvalue weighted by atomic mass is 10.3. The molecule has 0 saturated heterocycles. The molecule has 0 radical (unpaired) electrons. The zero-order chi connectivity index (χ0) is 12.8. The van der Waals surface area contributed by atoms with Gasteiger partial charge in [0.25, 0.3) is 0 Å². The van der Waals surface area contributed by atoms with Gasteiger partial charge in [-0.1, -0.05) is 6.07 Å². The van der Waals surface area contributed by atoms with E-state index in [1.807, 2.05) is 6.92 Å². The number of carbonyl (C=O) groups is 1. The maximum atomic E-state index is 11.1. The highest BCUT2D eigenvalue weighted by Gasteiger charge is 2.07. The highest BCUT2D eigenvalue weighted by molar-refractivity contribution is 7.84.